The summed E-state index contributed by atoms with van der Waals surface area (Å²) in [6.07, 6.45) is 0.855. The lowest BCUT2D eigenvalue weighted by Crippen LogP contribution is -2.31. The first-order valence-electron chi connectivity index (χ1n) is 5.99. The molecule has 0 bridgehead atoms. The summed E-state index contributed by atoms with van der Waals surface area (Å²) < 4.78 is 15.1. The number of ether oxygens (including phenoxy) is 3. The molecule has 1 rings (SSSR count). The number of nitrogen functional groups attached to an aromatic ring is 1. The Morgan fingerprint density at radius 2 is 1.74 bits per heavy atom. The average Bonchev–Trinajstić information content (AvgIpc) is 2.42. The van der Waals surface area contributed by atoms with E-state index in [-0.39, 0.29) is 12.0 Å². The van der Waals surface area contributed by atoms with E-state index in [1.807, 2.05) is 4.90 Å². The molecule has 0 saturated carbocycles. The Labute approximate surface area is 112 Å². The zero-order chi connectivity index (χ0) is 14.1. The molecule has 1 heterocycles. The third-order valence-corrected chi connectivity index (χ3v) is 2.43. The molecule has 0 aromatic carbocycles. The Hall–Kier alpha value is -1.67. The fourth-order valence-corrected chi connectivity index (χ4v) is 1.51. The van der Waals surface area contributed by atoms with Gasteiger partial charge in [-0.3, -0.25) is 0 Å². The van der Waals surface area contributed by atoms with Gasteiger partial charge in [0.05, 0.1) is 13.7 Å². The van der Waals surface area contributed by atoms with Gasteiger partial charge in [-0.1, -0.05) is 0 Å². The van der Waals surface area contributed by atoms with Gasteiger partial charge in [0.15, 0.2) is 0 Å². The zero-order valence-corrected chi connectivity index (χ0v) is 11.6. The van der Waals surface area contributed by atoms with E-state index >= 15 is 0 Å². The van der Waals surface area contributed by atoms with Crippen molar-refractivity contribution in [1.82, 2.24) is 15.0 Å². The van der Waals surface area contributed by atoms with E-state index < -0.39 is 0 Å². The molecule has 0 fully saturated rings. The zero-order valence-electron chi connectivity index (χ0n) is 11.6. The van der Waals surface area contributed by atoms with Gasteiger partial charge in [0, 0.05) is 33.9 Å². The summed E-state index contributed by atoms with van der Waals surface area (Å²) in [5.41, 5.74) is 5.63. The fourth-order valence-electron chi connectivity index (χ4n) is 1.51. The van der Waals surface area contributed by atoms with Crippen LogP contribution in [0.2, 0.25) is 0 Å². The largest absolute Gasteiger partial charge is 0.467 e. The van der Waals surface area contributed by atoms with Crippen molar-refractivity contribution in [1.29, 1.82) is 0 Å². The lowest BCUT2D eigenvalue weighted by molar-refractivity contribution is 0.190. The molecule has 0 amide bonds. The third-order valence-electron chi connectivity index (χ3n) is 2.43. The maximum absolute atomic E-state index is 5.63. The van der Waals surface area contributed by atoms with E-state index in [9.17, 15) is 0 Å². The van der Waals surface area contributed by atoms with Crippen LogP contribution in [0.5, 0.6) is 6.01 Å². The Kier molecular flexibility index (Phi) is 6.83. The molecule has 19 heavy (non-hydrogen) atoms. The molecular weight excluding hydrogens is 250 g/mol. The van der Waals surface area contributed by atoms with Gasteiger partial charge in [0.25, 0.3) is 0 Å². The summed E-state index contributed by atoms with van der Waals surface area (Å²) in [6, 6.07) is 0.205. The minimum Gasteiger partial charge on any atom is -0.467 e. The van der Waals surface area contributed by atoms with Crippen LogP contribution >= 0.6 is 0 Å². The molecule has 0 aliphatic rings. The first-order chi connectivity index (χ1) is 9.21. The van der Waals surface area contributed by atoms with Gasteiger partial charge in [0.2, 0.25) is 11.9 Å². The summed E-state index contributed by atoms with van der Waals surface area (Å²) in [4.78, 5) is 14.1. The van der Waals surface area contributed by atoms with Crippen molar-refractivity contribution in [2.45, 2.75) is 6.42 Å². The minimum atomic E-state index is 0.135. The van der Waals surface area contributed by atoms with Crippen molar-refractivity contribution in [3.8, 4) is 6.01 Å². The van der Waals surface area contributed by atoms with Crippen LogP contribution in [0.3, 0.4) is 0 Å². The van der Waals surface area contributed by atoms with E-state index in [0.29, 0.717) is 25.7 Å². The van der Waals surface area contributed by atoms with Crippen LogP contribution in [-0.2, 0) is 9.47 Å². The second-order valence-electron chi connectivity index (χ2n) is 3.81. The number of nitrogens with zero attached hydrogens (tertiary/aromatic N) is 4. The number of methoxy groups -OCH3 is 3. The van der Waals surface area contributed by atoms with Crippen LogP contribution in [0.15, 0.2) is 0 Å². The predicted molar refractivity (Wildman–Crippen MR) is 71.4 cm³/mol. The summed E-state index contributed by atoms with van der Waals surface area (Å²) in [7, 11) is 4.81. The van der Waals surface area contributed by atoms with Crippen LogP contribution < -0.4 is 15.4 Å². The van der Waals surface area contributed by atoms with Gasteiger partial charge in [-0.15, -0.1) is 0 Å². The highest BCUT2D eigenvalue weighted by Gasteiger charge is 2.12. The number of anilines is 2. The lowest BCUT2D eigenvalue weighted by Gasteiger charge is -2.22. The maximum Gasteiger partial charge on any atom is 0.322 e. The number of hydrogen-bond acceptors (Lipinski definition) is 8. The van der Waals surface area contributed by atoms with Gasteiger partial charge in [-0.2, -0.15) is 15.0 Å². The quantitative estimate of drug-likeness (QED) is 0.625. The summed E-state index contributed by atoms with van der Waals surface area (Å²) in [5, 5.41) is 0. The molecule has 0 saturated heterocycles. The molecule has 0 unspecified atom stereocenters. The van der Waals surface area contributed by atoms with Crippen LogP contribution in [0.25, 0.3) is 0 Å². The van der Waals surface area contributed by atoms with Gasteiger partial charge in [-0.25, -0.2) is 0 Å². The Bertz CT molecular complexity index is 377. The maximum atomic E-state index is 5.63. The monoisotopic (exact) mass is 271 g/mol. The van der Waals surface area contributed by atoms with Gasteiger partial charge >= 0.3 is 6.01 Å². The second kappa shape index (κ2) is 8.44. The van der Waals surface area contributed by atoms with Crippen molar-refractivity contribution in [2.24, 2.45) is 0 Å². The van der Waals surface area contributed by atoms with Gasteiger partial charge in [-0.05, 0) is 6.42 Å². The third kappa shape index (κ3) is 5.23. The second-order valence-corrected chi connectivity index (χ2v) is 3.81. The standard InChI is InChI=1S/C11H21N5O3/c1-17-7-4-5-16(6-8-18-2)10-13-9(12)14-11(15-10)19-3/h4-8H2,1-3H3,(H2,12,13,14,15). The molecule has 0 radical (unpaired) electrons. The van der Waals surface area contributed by atoms with E-state index in [0.717, 1.165) is 13.0 Å². The lowest BCUT2D eigenvalue weighted by atomic mass is 10.4. The van der Waals surface area contributed by atoms with Crippen molar-refractivity contribution >= 4 is 11.9 Å². The van der Waals surface area contributed by atoms with E-state index in [1.165, 1.54) is 7.11 Å². The molecule has 0 atom stereocenters. The minimum absolute atomic E-state index is 0.135. The first-order valence-corrected chi connectivity index (χ1v) is 5.99. The fraction of sp³-hybridized carbons (Fsp3) is 0.727. The molecule has 1 aromatic heterocycles. The normalized spacial score (nSPS) is 10.5. The Balaban J connectivity index is 2.79. The Morgan fingerprint density at radius 3 is 2.37 bits per heavy atom. The highest BCUT2D eigenvalue weighted by Crippen LogP contribution is 2.13. The SMILES string of the molecule is COCCCN(CCOC)c1nc(N)nc(OC)n1. The molecule has 2 N–H and O–H groups in total. The van der Waals surface area contributed by atoms with Gasteiger partial charge in [0.1, 0.15) is 0 Å². The van der Waals surface area contributed by atoms with E-state index in [4.69, 9.17) is 19.9 Å². The molecule has 8 nitrogen and oxygen atoms in total. The molecule has 8 heteroatoms. The van der Waals surface area contributed by atoms with Crippen LogP contribution in [-0.4, -0.2) is 62.6 Å². The van der Waals surface area contributed by atoms with Crippen molar-refractivity contribution in [3.63, 3.8) is 0 Å². The Morgan fingerprint density at radius 1 is 1.00 bits per heavy atom. The summed E-state index contributed by atoms with van der Waals surface area (Å²) in [5.74, 6) is 0.619. The van der Waals surface area contributed by atoms with Crippen LogP contribution in [0.1, 0.15) is 6.42 Å². The molecule has 0 aliphatic carbocycles. The molecule has 0 spiro atoms. The van der Waals surface area contributed by atoms with Crippen LogP contribution in [0, 0.1) is 0 Å². The molecule has 1 aromatic rings. The topological polar surface area (TPSA) is 95.6 Å². The number of hydrogen-bond donors (Lipinski definition) is 1. The van der Waals surface area contributed by atoms with Gasteiger partial charge < -0.3 is 24.8 Å². The molecule has 108 valence electrons. The summed E-state index contributed by atoms with van der Waals surface area (Å²) >= 11 is 0. The molecule has 0 aliphatic heterocycles. The van der Waals surface area contributed by atoms with Crippen molar-refractivity contribution in [2.75, 3.05) is 58.3 Å². The van der Waals surface area contributed by atoms with E-state index in [2.05, 4.69) is 15.0 Å². The number of aromatic nitrogens is 3. The summed E-state index contributed by atoms with van der Waals surface area (Å²) in [6.45, 7) is 2.64. The highest BCUT2D eigenvalue weighted by molar-refractivity contribution is 5.35. The van der Waals surface area contributed by atoms with Crippen molar-refractivity contribution in [3.05, 3.63) is 0 Å². The smallest absolute Gasteiger partial charge is 0.322 e. The predicted octanol–water partition coefficient (Wildman–Crippen LogP) is -0.0483. The first kappa shape index (κ1) is 15.4. The number of nitrogens with two attached hydrogens (primary N) is 1. The van der Waals surface area contributed by atoms with Crippen LogP contribution in [0.4, 0.5) is 11.9 Å². The van der Waals surface area contributed by atoms with E-state index in [1.54, 1.807) is 14.2 Å². The average molecular weight is 271 g/mol. The number of rotatable bonds is 9. The van der Waals surface area contributed by atoms with Crippen molar-refractivity contribution < 1.29 is 14.2 Å². The highest BCUT2D eigenvalue weighted by atomic mass is 16.5. The molecular formula is C11H21N5O3.